The van der Waals surface area contributed by atoms with Gasteiger partial charge in [-0.3, -0.25) is 0 Å². The van der Waals surface area contributed by atoms with Crippen molar-refractivity contribution in [1.82, 2.24) is 5.32 Å². The van der Waals surface area contributed by atoms with Crippen LogP contribution in [0.25, 0.3) is 0 Å². The number of fused-ring (bicyclic) bond motifs is 1. The maximum Gasteiger partial charge on any atom is 0.0526 e. The monoisotopic (exact) mass is 233 g/mol. The highest BCUT2D eigenvalue weighted by Crippen LogP contribution is 2.22. The number of aliphatic hydroxyl groups excluding tert-OH is 1. The molecule has 0 radical (unpaired) electrons. The zero-order valence-corrected chi connectivity index (χ0v) is 10.9. The van der Waals surface area contributed by atoms with Crippen LogP contribution in [-0.4, -0.2) is 17.3 Å². The van der Waals surface area contributed by atoms with Crippen LogP contribution < -0.4 is 5.32 Å². The molecule has 0 aromatic heterocycles. The van der Waals surface area contributed by atoms with Crippen LogP contribution >= 0.6 is 0 Å². The fourth-order valence-electron chi connectivity index (χ4n) is 2.62. The Hall–Kier alpha value is -0.860. The highest BCUT2D eigenvalue weighted by atomic mass is 16.3. The molecule has 0 saturated carbocycles. The van der Waals surface area contributed by atoms with Gasteiger partial charge >= 0.3 is 0 Å². The molecule has 0 heterocycles. The van der Waals surface area contributed by atoms with Gasteiger partial charge in [0.25, 0.3) is 0 Å². The van der Waals surface area contributed by atoms with Crippen LogP contribution in [0.1, 0.15) is 43.4 Å². The Labute approximate surface area is 104 Å². The van der Waals surface area contributed by atoms with E-state index in [9.17, 15) is 5.11 Å². The van der Waals surface area contributed by atoms with Crippen LogP contribution in [0.15, 0.2) is 18.2 Å². The molecule has 1 aliphatic rings. The van der Waals surface area contributed by atoms with Gasteiger partial charge in [0, 0.05) is 12.6 Å². The molecule has 17 heavy (non-hydrogen) atoms. The summed E-state index contributed by atoms with van der Waals surface area (Å²) in [6.07, 6.45) is 4.39. The zero-order chi connectivity index (χ0) is 12.3. The van der Waals surface area contributed by atoms with Crippen molar-refractivity contribution in [2.24, 2.45) is 0 Å². The first kappa shape index (κ1) is 12.6. The van der Waals surface area contributed by atoms with Crippen molar-refractivity contribution in [1.29, 1.82) is 0 Å². The third-order valence-electron chi connectivity index (χ3n) is 3.51. The fraction of sp³-hybridized carbons (Fsp3) is 0.600. The van der Waals surface area contributed by atoms with E-state index in [1.54, 1.807) is 0 Å². The van der Waals surface area contributed by atoms with E-state index in [1.165, 1.54) is 36.0 Å². The van der Waals surface area contributed by atoms with E-state index in [0.717, 1.165) is 13.0 Å². The predicted molar refractivity (Wildman–Crippen MR) is 71.1 cm³/mol. The summed E-state index contributed by atoms with van der Waals surface area (Å²) in [4.78, 5) is 0. The van der Waals surface area contributed by atoms with E-state index in [4.69, 9.17) is 0 Å². The molecule has 2 atom stereocenters. The van der Waals surface area contributed by atoms with Crippen LogP contribution in [0.5, 0.6) is 0 Å². The average molecular weight is 233 g/mol. The predicted octanol–water partition coefficient (Wildman–Crippen LogP) is 2.42. The Bertz CT molecular complexity index is 373. The molecule has 94 valence electrons. The number of benzene rings is 1. The lowest BCUT2D eigenvalue weighted by Gasteiger charge is -2.15. The van der Waals surface area contributed by atoms with Crippen molar-refractivity contribution in [3.05, 3.63) is 34.9 Å². The SMILES string of the molecule is CC(O)CC(C)NCc1ccc2c(c1)CCC2. The zero-order valence-electron chi connectivity index (χ0n) is 10.9. The Kier molecular flexibility index (Phi) is 4.19. The minimum Gasteiger partial charge on any atom is -0.393 e. The molecule has 1 aromatic carbocycles. The second-order valence-corrected chi connectivity index (χ2v) is 5.32. The number of aryl methyl sites for hydroxylation is 2. The highest BCUT2D eigenvalue weighted by Gasteiger charge is 2.11. The first-order valence-electron chi connectivity index (χ1n) is 6.67. The topological polar surface area (TPSA) is 32.3 Å². The maximum atomic E-state index is 9.31. The first-order valence-corrected chi connectivity index (χ1v) is 6.67. The quantitative estimate of drug-likeness (QED) is 0.818. The molecule has 2 nitrogen and oxygen atoms in total. The summed E-state index contributed by atoms with van der Waals surface area (Å²) in [6, 6.07) is 7.21. The van der Waals surface area contributed by atoms with Gasteiger partial charge in [0.2, 0.25) is 0 Å². The Morgan fingerprint density at radius 2 is 2.00 bits per heavy atom. The van der Waals surface area contributed by atoms with Crippen LogP contribution in [-0.2, 0) is 19.4 Å². The van der Waals surface area contributed by atoms with Crippen molar-refractivity contribution in [3.63, 3.8) is 0 Å². The van der Waals surface area contributed by atoms with Crippen molar-refractivity contribution in [2.45, 2.75) is 58.2 Å². The lowest BCUT2D eigenvalue weighted by Crippen LogP contribution is -2.28. The molecule has 2 unspecified atom stereocenters. The molecule has 0 saturated heterocycles. The molecule has 2 rings (SSSR count). The molecule has 0 spiro atoms. The van der Waals surface area contributed by atoms with Crippen molar-refractivity contribution >= 4 is 0 Å². The van der Waals surface area contributed by atoms with Gasteiger partial charge < -0.3 is 10.4 Å². The molecule has 2 N–H and O–H groups in total. The van der Waals surface area contributed by atoms with Gasteiger partial charge in [-0.25, -0.2) is 0 Å². The third-order valence-corrected chi connectivity index (χ3v) is 3.51. The third kappa shape index (κ3) is 3.55. The van der Waals surface area contributed by atoms with Crippen LogP contribution in [0.4, 0.5) is 0 Å². The van der Waals surface area contributed by atoms with E-state index in [-0.39, 0.29) is 6.10 Å². The molecule has 1 aromatic rings. The number of aliphatic hydroxyl groups is 1. The Balaban J connectivity index is 1.87. The summed E-state index contributed by atoms with van der Waals surface area (Å²) in [5.74, 6) is 0. The molecular weight excluding hydrogens is 210 g/mol. The summed E-state index contributed by atoms with van der Waals surface area (Å²) in [5.41, 5.74) is 4.43. The maximum absolute atomic E-state index is 9.31. The fourth-order valence-corrected chi connectivity index (χ4v) is 2.62. The van der Waals surface area contributed by atoms with Gasteiger partial charge in [-0.05, 0) is 56.2 Å². The van der Waals surface area contributed by atoms with Gasteiger partial charge in [-0.1, -0.05) is 18.2 Å². The molecule has 0 bridgehead atoms. The van der Waals surface area contributed by atoms with E-state index in [1.807, 2.05) is 6.92 Å². The smallest absolute Gasteiger partial charge is 0.0526 e. The van der Waals surface area contributed by atoms with Crippen molar-refractivity contribution < 1.29 is 5.11 Å². The number of hydrogen-bond acceptors (Lipinski definition) is 2. The highest BCUT2D eigenvalue weighted by molar-refractivity contribution is 5.35. The van der Waals surface area contributed by atoms with Gasteiger partial charge in [-0.15, -0.1) is 0 Å². The minimum absolute atomic E-state index is 0.225. The molecule has 0 fully saturated rings. The van der Waals surface area contributed by atoms with Gasteiger partial charge in [0.1, 0.15) is 0 Å². The minimum atomic E-state index is -0.225. The molecule has 1 aliphatic carbocycles. The van der Waals surface area contributed by atoms with E-state index in [2.05, 4.69) is 30.4 Å². The molecule has 0 aliphatic heterocycles. The average Bonchev–Trinajstić information content (AvgIpc) is 2.72. The van der Waals surface area contributed by atoms with Gasteiger partial charge in [0.15, 0.2) is 0 Å². The summed E-state index contributed by atoms with van der Waals surface area (Å²) in [7, 11) is 0. The number of hydrogen-bond donors (Lipinski definition) is 2. The lowest BCUT2D eigenvalue weighted by atomic mass is 10.1. The standard InChI is InChI=1S/C15H23NO/c1-11(8-12(2)17)16-10-13-6-7-14-4-3-5-15(14)9-13/h6-7,9,11-12,16-17H,3-5,8,10H2,1-2H3. The summed E-state index contributed by atoms with van der Waals surface area (Å²) in [6.45, 7) is 4.87. The van der Waals surface area contributed by atoms with Gasteiger partial charge in [0.05, 0.1) is 6.10 Å². The summed E-state index contributed by atoms with van der Waals surface area (Å²) in [5, 5.41) is 12.8. The second kappa shape index (κ2) is 5.65. The van der Waals surface area contributed by atoms with Gasteiger partial charge in [-0.2, -0.15) is 0 Å². The second-order valence-electron chi connectivity index (χ2n) is 5.32. The van der Waals surface area contributed by atoms with E-state index in [0.29, 0.717) is 6.04 Å². The Morgan fingerprint density at radius 3 is 2.76 bits per heavy atom. The first-order chi connectivity index (χ1) is 8.15. The Morgan fingerprint density at radius 1 is 1.24 bits per heavy atom. The lowest BCUT2D eigenvalue weighted by molar-refractivity contribution is 0.170. The molecule has 2 heteroatoms. The largest absolute Gasteiger partial charge is 0.393 e. The molecule has 0 amide bonds. The van der Waals surface area contributed by atoms with Crippen molar-refractivity contribution in [2.75, 3.05) is 0 Å². The van der Waals surface area contributed by atoms with E-state index < -0.39 is 0 Å². The summed E-state index contributed by atoms with van der Waals surface area (Å²) < 4.78 is 0. The van der Waals surface area contributed by atoms with Crippen molar-refractivity contribution in [3.8, 4) is 0 Å². The number of nitrogens with one attached hydrogen (secondary N) is 1. The van der Waals surface area contributed by atoms with Crippen LogP contribution in [0, 0.1) is 0 Å². The normalized spacial score (nSPS) is 17.8. The van der Waals surface area contributed by atoms with Crippen LogP contribution in [0.3, 0.4) is 0 Å². The summed E-state index contributed by atoms with van der Waals surface area (Å²) >= 11 is 0. The number of rotatable bonds is 5. The van der Waals surface area contributed by atoms with Crippen LogP contribution in [0.2, 0.25) is 0 Å². The van der Waals surface area contributed by atoms with E-state index >= 15 is 0 Å². The molecular formula is C15H23NO.